The first-order valence-electron chi connectivity index (χ1n) is 9.52. The summed E-state index contributed by atoms with van der Waals surface area (Å²) < 4.78 is 0. The van der Waals surface area contributed by atoms with Crippen LogP contribution in [-0.4, -0.2) is 5.91 Å². The Bertz CT molecular complexity index is 801. The van der Waals surface area contributed by atoms with Crippen LogP contribution in [-0.2, 0) is 16.6 Å². The van der Waals surface area contributed by atoms with E-state index < -0.39 is 0 Å². The molecular weight excluding hydrogens is 306 g/mol. The summed E-state index contributed by atoms with van der Waals surface area (Å²) >= 11 is 0. The summed E-state index contributed by atoms with van der Waals surface area (Å²) in [7, 11) is 0. The zero-order chi connectivity index (χ0) is 17.1. The molecule has 2 N–H and O–H groups in total. The van der Waals surface area contributed by atoms with Crippen molar-refractivity contribution in [1.82, 2.24) is 0 Å². The highest BCUT2D eigenvalue weighted by molar-refractivity contribution is 5.83. The van der Waals surface area contributed by atoms with Gasteiger partial charge in [0.1, 0.15) is 0 Å². The van der Waals surface area contributed by atoms with Crippen molar-refractivity contribution in [3.8, 4) is 0 Å². The Morgan fingerprint density at radius 1 is 0.960 bits per heavy atom. The van der Waals surface area contributed by atoms with E-state index in [0.29, 0.717) is 17.8 Å². The fraction of sp³-hybridized carbons (Fsp3) is 0.435. The first-order valence-corrected chi connectivity index (χ1v) is 9.52. The van der Waals surface area contributed by atoms with Crippen molar-refractivity contribution in [2.45, 2.75) is 37.5 Å². The van der Waals surface area contributed by atoms with Crippen LogP contribution in [0.5, 0.6) is 0 Å². The van der Waals surface area contributed by atoms with E-state index in [1.807, 2.05) is 0 Å². The van der Waals surface area contributed by atoms with Crippen LogP contribution in [0, 0.1) is 23.2 Å². The van der Waals surface area contributed by atoms with Gasteiger partial charge in [0.15, 0.2) is 0 Å². The van der Waals surface area contributed by atoms with Crippen LogP contribution in [0.4, 0.5) is 0 Å². The number of carbonyl (C=O) groups excluding carboxylic acids is 1. The van der Waals surface area contributed by atoms with Crippen molar-refractivity contribution in [1.29, 1.82) is 0 Å². The quantitative estimate of drug-likeness (QED) is 0.901. The van der Waals surface area contributed by atoms with Gasteiger partial charge in [-0.05, 0) is 66.4 Å². The van der Waals surface area contributed by atoms with Gasteiger partial charge in [-0.25, -0.2) is 0 Å². The van der Waals surface area contributed by atoms with Gasteiger partial charge < -0.3 is 5.73 Å². The summed E-state index contributed by atoms with van der Waals surface area (Å²) in [6.45, 7) is 0. The Morgan fingerprint density at radius 2 is 1.64 bits per heavy atom. The zero-order valence-corrected chi connectivity index (χ0v) is 14.5. The molecule has 2 aromatic carbocycles. The molecule has 5 unspecified atom stereocenters. The highest BCUT2D eigenvalue weighted by atomic mass is 16.1. The molecule has 4 aliphatic rings. The fourth-order valence-electron chi connectivity index (χ4n) is 6.73. The molecule has 2 aromatic rings. The molecule has 4 fully saturated rings. The fourth-order valence-corrected chi connectivity index (χ4v) is 6.73. The minimum absolute atomic E-state index is 0.0458. The van der Waals surface area contributed by atoms with Gasteiger partial charge >= 0.3 is 0 Å². The third-order valence-electron chi connectivity index (χ3n) is 7.57. The predicted octanol–water partition coefficient (Wildman–Crippen LogP) is 4.09. The van der Waals surface area contributed by atoms with Crippen molar-refractivity contribution in [2.24, 2.45) is 28.9 Å². The van der Waals surface area contributed by atoms with Gasteiger partial charge in [0.25, 0.3) is 0 Å². The number of hydrogen-bond donors (Lipinski definition) is 1. The number of hydrogen-bond acceptors (Lipinski definition) is 1. The molecule has 6 rings (SSSR count). The maximum Gasteiger partial charge on any atom is 0.223 e. The molecule has 25 heavy (non-hydrogen) atoms. The lowest BCUT2D eigenvalue weighted by Crippen LogP contribution is -2.41. The summed E-state index contributed by atoms with van der Waals surface area (Å²) in [5.41, 5.74) is 8.74. The molecule has 128 valence electrons. The van der Waals surface area contributed by atoms with Crippen molar-refractivity contribution in [3.63, 3.8) is 0 Å². The van der Waals surface area contributed by atoms with E-state index in [4.69, 9.17) is 5.73 Å². The smallest absolute Gasteiger partial charge is 0.223 e. The number of benzene rings is 2. The molecule has 2 heteroatoms. The highest BCUT2D eigenvalue weighted by Crippen LogP contribution is 2.72. The number of rotatable bonds is 4. The van der Waals surface area contributed by atoms with Crippen LogP contribution in [0.1, 0.15) is 36.8 Å². The van der Waals surface area contributed by atoms with Crippen molar-refractivity contribution >= 4 is 5.91 Å². The molecule has 4 saturated carbocycles. The average Bonchev–Trinajstić information content (AvgIpc) is 3.01. The molecule has 2 nitrogen and oxygen atoms in total. The molecule has 0 aromatic heterocycles. The Labute approximate surface area is 149 Å². The summed E-state index contributed by atoms with van der Waals surface area (Å²) in [6.07, 6.45) is 5.43. The molecule has 0 heterocycles. The molecule has 0 radical (unpaired) electrons. The Balaban J connectivity index is 1.52. The summed E-state index contributed by atoms with van der Waals surface area (Å²) in [6, 6.07) is 21.6. The van der Waals surface area contributed by atoms with Crippen LogP contribution in [0.25, 0.3) is 0 Å². The van der Waals surface area contributed by atoms with E-state index in [1.165, 1.54) is 17.5 Å². The highest BCUT2D eigenvalue weighted by Gasteiger charge is 2.70. The number of nitrogens with two attached hydrogens (primary N) is 1. The molecule has 4 aliphatic carbocycles. The molecule has 5 atom stereocenters. The van der Waals surface area contributed by atoms with Gasteiger partial charge in [-0.1, -0.05) is 60.7 Å². The monoisotopic (exact) mass is 331 g/mol. The number of primary amides is 1. The Morgan fingerprint density at radius 3 is 2.32 bits per heavy atom. The largest absolute Gasteiger partial charge is 0.369 e. The van der Waals surface area contributed by atoms with E-state index in [1.54, 1.807) is 0 Å². The lowest BCUT2D eigenvalue weighted by Gasteiger charge is -2.43. The third-order valence-corrected chi connectivity index (χ3v) is 7.57. The maximum atomic E-state index is 12.6. The van der Waals surface area contributed by atoms with Gasteiger partial charge in [0.2, 0.25) is 5.91 Å². The SMILES string of the molecule is NC(=O)C12CC3CC(c4ccccc4)(CC1C3Cc1ccccc1)C2. The topological polar surface area (TPSA) is 43.1 Å². The second-order valence-corrected chi connectivity index (χ2v) is 8.68. The Kier molecular flexibility index (Phi) is 3.16. The number of amides is 1. The van der Waals surface area contributed by atoms with Crippen LogP contribution in [0.3, 0.4) is 0 Å². The molecule has 1 amide bonds. The van der Waals surface area contributed by atoms with Gasteiger partial charge in [0, 0.05) is 0 Å². The first kappa shape index (κ1) is 15.2. The van der Waals surface area contributed by atoms with Crippen LogP contribution < -0.4 is 5.73 Å². The average molecular weight is 331 g/mol. The van der Waals surface area contributed by atoms with Gasteiger partial charge in [-0.3, -0.25) is 4.79 Å². The molecular formula is C23H25NO. The van der Waals surface area contributed by atoms with Crippen molar-refractivity contribution in [2.75, 3.05) is 0 Å². The summed E-state index contributed by atoms with van der Waals surface area (Å²) in [5, 5.41) is 0. The molecule has 0 saturated heterocycles. The van der Waals surface area contributed by atoms with E-state index in [2.05, 4.69) is 60.7 Å². The molecule has 4 bridgehead atoms. The van der Waals surface area contributed by atoms with Gasteiger partial charge in [0.05, 0.1) is 5.41 Å². The van der Waals surface area contributed by atoms with E-state index in [9.17, 15) is 4.79 Å². The van der Waals surface area contributed by atoms with Crippen LogP contribution in [0.15, 0.2) is 60.7 Å². The Hall–Kier alpha value is -2.09. The van der Waals surface area contributed by atoms with E-state index in [0.717, 1.165) is 25.7 Å². The van der Waals surface area contributed by atoms with Crippen LogP contribution in [0.2, 0.25) is 0 Å². The second-order valence-electron chi connectivity index (χ2n) is 8.68. The maximum absolute atomic E-state index is 12.6. The lowest BCUT2D eigenvalue weighted by atomic mass is 9.61. The minimum atomic E-state index is -0.266. The van der Waals surface area contributed by atoms with Crippen molar-refractivity contribution in [3.05, 3.63) is 71.8 Å². The van der Waals surface area contributed by atoms with Gasteiger partial charge in [-0.2, -0.15) is 0 Å². The van der Waals surface area contributed by atoms with E-state index in [-0.39, 0.29) is 16.7 Å². The zero-order valence-electron chi connectivity index (χ0n) is 14.5. The minimum Gasteiger partial charge on any atom is -0.369 e. The molecule has 0 spiro atoms. The normalized spacial score (nSPS) is 38.2. The van der Waals surface area contributed by atoms with Gasteiger partial charge in [-0.15, -0.1) is 0 Å². The first-order chi connectivity index (χ1) is 12.1. The van der Waals surface area contributed by atoms with Crippen molar-refractivity contribution < 1.29 is 4.79 Å². The third kappa shape index (κ3) is 2.06. The summed E-state index contributed by atoms with van der Waals surface area (Å²) in [4.78, 5) is 12.6. The molecule has 0 aliphatic heterocycles. The number of carbonyl (C=O) groups is 1. The standard InChI is InChI=1S/C23H25NO/c24-21(25)23-13-17-12-22(15-23,18-9-5-2-6-10-18)14-20(23)19(17)11-16-7-3-1-4-8-16/h1-10,17,19-20H,11-15H2,(H2,24,25). The predicted molar refractivity (Wildman–Crippen MR) is 98.8 cm³/mol. The second kappa shape index (κ2) is 5.20. The lowest BCUT2D eigenvalue weighted by molar-refractivity contribution is -0.129. The summed E-state index contributed by atoms with van der Waals surface area (Å²) in [5.74, 6) is 1.63. The van der Waals surface area contributed by atoms with Crippen LogP contribution >= 0.6 is 0 Å². The van der Waals surface area contributed by atoms with E-state index >= 15 is 0 Å².